The van der Waals surface area contributed by atoms with Gasteiger partial charge in [-0.3, -0.25) is 0 Å². The van der Waals surface area contributed by atoms with E-state index in [-0.39, 0.29) is 11.6 Å². The van der Waals surface area contributed by atoms with Crippen LogP contribution in [0.3, 0.4) is 0 Å². The summed E-state index contributed by atoms with van der Waals surface area (Å²) in [5.74, 6) is -0.0280. The molecule has 174 valence electrons. The number of nitrogens with one attached hydrogen (secondary N) is 1. The first kappa shape index (κ1) is 22.4. The van der Waals surface area contributed by atoms with Crippen molar-refractivity contribution in [2.45, 2.75) is 13.5 Å². The number of benzene rings is 3. The number of H-pyrrole nitrogens is 1. The predicted octanol–water partition coefficient (Wildman–Crippen LogP) is 6.66. The summed E-state index contributed by atoms with van der Waals surface area (Å²) >= 11 is 6.60. The van der Waals surface area contributed by atoms with Gasteiger partial charge in [-0.2, -0.15) is 4.98 Å². The minimum Gasteiger partial charge on any atom is -0.488 e. The Morgan fingerprint density at radius 2 is 1.77 bits per heavy atom. The smallest absolute Gasteiger partial charge is 0.336 e. The molecule has 0 unspecified atom stereocenters. The van der Waals surface area contributed by atoms with Gasteiger partial charge in [0.2, 0.25) is 0 Å². The summed E-state index contributed by atoms with van der Waals surface area (Å²) in [6.45, 7) is 2.14. The maximum atomic E-state index is 11.4. The fourth-order valence-electron chi connectivity index (χ4n) is 3.66. The van der Waals surface area contributed by atoms with Crippen molar-refractivity contribution < 1.29 is 19.4 Å². The van der Waals surface area contributed by atoms with E-state index in [1.165, 1.54) is 6.07 Å². The monoisotopic (exact) mass is 485 g/mol. The molecule has 5 aromatic rings. The highest BCUT2D eigenvalue weighted by Gasteiger charge is 2.16. The Labute approximate surface area is 206 Å². The van der Waals surface area contributed by atoms with Gasteiger partial charge in [0.15, 0.2) is 5.65 Å². The van der Waals surface area contributed by atoms with Gasteiger partial charge in [-0.25, -0.2) is 9.78 Å². The molecule has 0 fully saturated rings. The van der Waals surface area contributed by atoms with E-state index in [1.807, 2.05) is 54.6 Å². The Morgan fingerprint density at radius 1 is 1.00 bits per heavy atom. The van der Waals surface area contributed by atoms with Crippen LogP contribution in [0, 0.1) is 6.92 Å². The minimum absolute atomic E-state index is 0.161. The summed E-state index contributed by atoms with van der Waals surface area (Å²) in [6.07, 6.45) is 0. The molecule has 3 aromatic carbocycles. The number of halogens is 1. The SMILES string of the molecule is Cc1ccc(Oc2nc3nc(-c4ccccc4OCc4ccccc4)c(Cl)cc3[nH]2)cc1C(=O)O. The van der Waals surface area contributed by atoms with Gasteiger partial charge >= 0.3 is 12.0 Å². The number of aromatic amines is 1. The van der Waals surface area contributed by atoms with E-state index in [4.69, 9.17) is 21.1 Å². The zero-order valence-electron chi connectivity index (χ0n) is 18.7. The van der Waals surface area contributed by atoms with Gasteiger partial charge in [0, 0.05) is 5.56 Å². The van der Waals surface area contributed by atoms with Gasteiger partial charge in [0.05, 0.1) is 21.8 Å². The topological polar surface area (TPSA) is 97.3 Å². The molecule has 0 saturated heterocycles. The molecule has 7 nitrogen and oxygen atoms in total. The average molecular weight is 486 g/mol. The number of ether oxygens (including phenoxy) is 2. The van der Waals surface area contributed by atoms with Gasteiger partial charge in [0.25, 0.3) is 0 Å². The third kappa shape index (κ3) is 4.81. The van der Waals surface area contributed by atoms with Crippen molar-refractivity contribution in [3.8, 4) is 28.8 Å². The summed E-state index contributed by atoms with van der Waals surface area (Å²) in [5.41, 5.74) is 4.11. The number of aryl methyl sites for hydroxylation is 1. The van der Waals surface area contributed by atoms with Crippen molar-refractivity contribution in [2.24, 2.45) is 0 Å². The van der Waals surface area contributed by atoms with Crippen LogP contribution in [0.4, 0.5) is 0 Å². The predicted molar refractivity (Wildman–Crippen MR) is 133 cm³/mol. The highest BCUT2D eigenvalue weighted by Crippen LogP contribution is 2.36. The molecular formula is C27H20ClN3O4. The van der Waals surface area contributed by atoms with Crippen molar-refractivity contribution in [3.63, 3.8) is 0 Å². The number of rotatable bonds is 7. The van der Waals surface area contributed by atoms with Gasteiger partial charge in [0.1, 0.15) is 18.1 Å². The zero-order chi connectivity index (χ0) is 24.4. The molecule has 0 atom stereocenters. The number of carboxylic acid groups (broad SMARTS) is 1. The van der Waals surface area contributed by atoms with Crippen molar-refractivity contribution in [3.05, 3.63) is 101 Å². The molecule has 2 aromatic heterocycles. The molecule has 8 heteroatoms. The van der Waals surface area contributed by atoms with Crippen LogP contribution in [0.25, 0.3) is 22.4 Å². The third-order valence-electron chi connectivity index (χ3n) is 5.44. The average Bonchev–Trinajstić information content (AvgIpc) is 3.25. The normalized spacial score (nSPS) is 10.9. The van der Waals surface area contributed by atoms with E-state index in [0.717, 1.165) is 11.1 Å². The Balaban J connectivity index is 1.45. The molecule has 0 amide bonds. The number of carboxylic acids is 1. The molecule has 0 bridgehead atoms. The van der Waals surface area contributed by atoms with Gasteiger partial charge in [-0.05, 0) is 48.4 Å². The van der Waals surface area contributed by atoms with Crippen LogP contribution in [0.1, 0.15) is 21.5 Å². The maximum absolute atomic E-state index is 11.4. The Bertz CT molecular complexity index is 1530. The Kier molecular flexibility index (Phi) is 6.08. The van der Waals surface area contributed by atoms with Crippen LogP contribution in [-0.2, 0) is 6.61 Å². The number of pyridine rings is 1. The summed E-state index contributed by atoms with van der Waals surface area (Å²) in [6, 6.07) is 24.2. The van der Waals surface area contributed by atoms with E-state index < -0.39 is 5.97 Å². The van der Waals surface area contributed by atoms with E-state index in [2.05, 4.69) is 15.0 Å². The number of hydrogen-bond donors (Lipinski definition) is 2. The van der Waals surface area contributed by atoms with Gasteiger partial charge in [-0.15, -0.1) is 0 Å². The fraction of sp³-hybridized carbons (Fsp3) is 0.0741. The van der Waals surface area contributed by atoms with Gasteiger partial charge < -0.3 is 19.6 Å². The molecular weight excluding hydrogens is 466 g/mol. The molecule has 0 saturated carbocycles. The molecule has 35 heavy (non-hydrogen) atoms. The highest BCUT2D eigenvalue weighted by atomic mass is 35.5. The van der Waals surface area contributed by atoms with Crippen LogP contribution in [-0.4, -0.2) is 26.0 Å². The Hall–Kier alpha value is -4.36. The van der Waals surface area contributed by atoms with Crippen molar-refractivity contribution in [1.82, 2.24) is 15.0 Å². The van der Waals surface area contributed by atoms with E-state index in [1.54, 1.807) is 25.1 Å². The maximum Gasteiger partial charge on any atom is 0.336 e. The van der Waals surface area contributed by atoms with E-state index in [9.17, 15) is 9.90 Å². The number of aromatic nitrogens is 3. The number of carbonyl (C=O) groups is 1. The first-order valence-electron chi connectivity index (χ1n) is 10.8. The number of nitrogens with zero attached hydrogens (tertiary/aromatic N) is 2. The van der Waals surface area contributed by atoms with Crippen LogP contribution in [0.5, 0.6) is 17.5 Å². The summed E-state index contributed by atoms with van der Waals surface area (Å²) in [4.78, 5) is 23.5. The first-order valence-corrected chi connectivity index (χ1v) is 11.2. The standard InChI is InChI=1S/C27H20ClN3O4/c1-16-11-12-18(13-20(16)26(32)33)35-27-29-22-14-21(28)24(30-25(22)31-27)19-9-5-6-10-23(19)34-15-17-7-3-2-4-8-17/h2-14H,15H2,1H3,(H,32,33)(H,29,30,31). The van der Waals surface area contributed by atoms with Crippen molar-refractivity contribution in [1.29, 1.82) is 0 Å². The quantitative estimate of drug-likeness (QED) is 0.267. The molecule has 2 heterocycles. The largest absolute Gasteiger partial charge is 0.488 e. The van der Waals surface area contributed by atoms with Crippen molar-refractivity contribution in [2.75, 3.05) is 0 Å². The number of imidazole rings is 1. The molecule has 5 rings (SSSR count). The van der Waals surface area contributed by atoms with E-state index in [0.29, 0.717) is 45.5 Å². The lowest BCUT2D eigenvalue weighted by Crippen LogP contribution is -2.00. The van der Waals surface area contributed by atoms with Crippen molar-refractivity contribution >= 4 is 28.7 Å². The lowest BCUT2D eigenvalue weighted by molar-refractivity contribution is 0.0695. The number of hydrogen-bond acceptors (Lipinski definition) is 5. The second kappa shape index (κ2) is 9.48. The number of fused-ring (bicyclic) bond motifs is 1. The zero-order valence-corrected chi connectivity index (χ0v) is 19.4. The first-order chi connectivity index (χ1) is 17.0. The van der Waals surface area contributed by atoms with Crippen LogP contribution >= 0.6 is 11.6 Å². The summed E-state index contributed by atoms with van der Waals surface area (Å²) in [7, 11) is 0. The van der Waals surface area contributed by atoms with Gasteiger partial charge in [-0.1, -0.05) is 60.1 Å². The molecule has 0 spiro atoms. The number of aromatic carboxylic acids is 1. The molecule has 0 aliphatic rings. The summed E-state index contributed by atoms with van der Waals surface area (Å²) in [5, 5.41) is 9.77. The van der Waals surface area contributed by atoms with E-state index >= 15 is 0 Å². The summed E-state index contributed by atoms with van der Waals surface area (Å²) < 4.78 is 11.8. The fourth-order valence-corrected chi connectivity index (χ4v) is 3.92. The lowest BCUT2D eigenvalue weighted by atomic mass is 10.1. The third-order valence-corrected chi connectivity index (χ3v) is 5.73. The molecule has 0 radical (unpaired) electrons. The number of para-hydroxylation sites is 1. The lowest BCUT2D eigenvalue weighted by Gasteiger charge is -2.12. The molecule has 0 aliphatic carbocycles. The molecule has 2 N–H and O–H groups in total. The molecule has 0 aliphatic heterocycles. The second-order valence-electron chi connectivity index (χ2n) is 7.89. The second-order valence-corrected chi connectivity index (χ2v) is 8.29. The van der Waals surface area contributed by atoms with Crippen LogP contribution in [0.15, 0.2) is 78.9 Å². The minimum atomic E-state index is -1.02. The van der Waals surface area contributed by atoms with Crippen LogP contribution in [0.2, 0.25) is 5.02 Å². The highest BCUT2D eigenvalue weighted by molar-refractivity contribution is 6.33. The Morgan fingerprint density at radius 3 is 2.57 bits per heavy atom. The van der Waals surface area contributed by atoms with Crippen LogP contribution < -0.4 is 9.47 Å².